The first-order valence-electron chi connectivity index (χ1n) is 4.54. The van der Waals surface area contributed by atoms with Gasteiger partial charge in [0, 0.05) is 16.7 Å². The Bertz CT molecular complexity index is 351. The van der Waals surface area contributed by atoms with Crippen LogP contribution in [0.2, 0.25) is 0 Å². The Morgan fingerprint density at radius 2 is 1.86 bits per heavy atom. The van der Waals surface area contributed by atoms with Crippen molar-refractivity contribution in [3.63, 3.8) is 0 Å². The van der Waals surface area contributed by atoms with Crippen LogP contribution in [-0.2, 0) is 0 Å². The zero-order valence-corrected chi connectivity index (χ0v) is 8.78. The SMILES string of the molecule is CC(C)(C)C(=NO)c1ccccc1N. The van der Waals surface area contributed by atoms with Crippen molar-refractivity contribution in [2.45, 2.75) is 20.8 Å². The molecule has 0 fully saturated rings. The zero-order chi connectivity index (χ0) is 10.8. The van der Waals surface area contributed by atoms with Crippen molar-refractivity contribution < 1.29 is 5.21 Å². The number of rotatable bonds is 1. The molecule has 0 unspecified atom stereocenters. The van der Waals surface area contributed by atoms with Crippen LogP contribution in [0.25, 0.3) is 0 Å². The van der Waals surface area contributed by atoms with Crippen LogP contribution in [0.4, 0.5) is 5.69 Å². The summed E-state index contributed by atoms with van der Waals surface area (Å²) in [7, 11) is 0. The van der Waals surface area contributed by atoms with Crippen molar-refractivity contribution in [3.05, 3.63) is 29.8 Å². The second-order valence-corrected chi connectivity index (χ2v) is 4.29. The minimum Gasteiger partial charge on any atom is -0.411 e. The van der Waals surface area contributed by atoms with E-state index in [-0.39, 0.29) is 5.41 Å². The van der Waals surface area contributed by atoms with E-state index >= 15 is 0 Å². The minimum absolute atomic E-state index is 0.218. The van der Waals surface area contributed by atoms with Gasteiger partial charge in [-0.2, -0.15) is 0 Å². The van der Waals surface area contributed by atoms with E-state index in [1.807, 2.05) is 39.0 Å². The quantitative estimate of drug-likeness (QED) is 0.311. The lowest BCUT2D eigenvalue weighted by molar-refractivity contribution is 0.311. The highest BCUT2D eigenvalue weighted by Crippen LogP contribution is 2.24. The molecular weight excluding hydrogens is 176 g/mol. The fourth-order valence-corrected chi connectivity index (χ4v) is 1.32. The lowest BCUT2D eigenvalue weighted by Crippen LogP contribution is -2.22. The molecule has 0 spiro atoms. The monoisotopic (exact) mass is 192 g/mol. The first-order chi connectivity index (χ1) is 6.46. The Labute approximate surface area is 84.2 Å². The average molecular weight is 192 g/mol. The summed E-state index contributed by atoms with van der Waals surface area (Å²) in [6, 6.07) is 7.39. The number of anilines is 1. The summed E-state index contributed by atoms with van der Waals surface area (Å²) in [4.78, 5) is 0. The van der Waals surface area contributed by atoms with E-state index in [0.717, 1.165) is 5.56 Å². The van der Waals surface area contributed by atoms with Crippen LogP contribution in [0, 0.1) is 5.41 Å². The van der Waals surface area contributed by atoms with Gasteiger partial charge in [-0.05, 0) is 6.07 Å². The summed E-state index contributed by atoms with van der Waals surface area (Å²) in [6.07, 6.45) is 0. The van der Waals surface area contributed by atoms with Gasteiger partial charge >= 0.3 is 0 Å². The number of benzene rings is 1. The fourth-order valence-electron chi connectivity index (χ4n) is 1.32. The van der Waals surface area contributed by atoms with Gasteiger partial charge in [-0.3, -0.25) is 0 Å². The van der Waals surface area contributed by atoms with Gasteiger partial charge in [-0.15, -0.1) is 0 Å². The van der Waals surface area contributed by atoms with Crippen molar-refractivity contribution in [1.82, 2.24) is 0 Å². The smallest absolute Gasteiger partial charge is 0.0941 e. The van der Waals surface area contributed by atoms with E-state index in [0.29, 0.717) is 11.4 Å². The number of hydrogen-bond acceptors (Lipinski definition) is 3. The molecule has 0 aliphatic heterocycles. The van der Waals surface area contributed by atoms with E-state index in [9.17, 15) is 0 Å². The number of nitrogen functional groups attached to an aromatic ring is 1. The number of para-hydroxylation sites is 1. The molecule has 3 heteroatoms. The molecule has 0 radical (unpaired) electrons. The number of nitrogens with two attached hydrogens (primary N) is 1. The number of oxime groups is 1. The highest BCUT2D eigenvalue weighted by molar-refractivity contribution is 6.07. The second kappa shape index (κ2) is 3.70. The molecule has 0 amide bonds. The van der Waals surface area contributed by atoms with Gasteiger partial charge < -0.3 is 10.9 Å². The van der Waals surface area contributed by atoms with Crippen LogP contribution in [-0.4, -0.2) is 10.9 Å². The standard InChI is InChI=1S/C11H16N2O/c1-11(2,3)10(13-14)8-6-4-5-7-9(8)12/h4-7,14H,12H2,1-3H3. The molecular formula is C11H16N2O. The minimum atomic E-state index is -0.218. The Kier molecular flexibility index (Phi) is 2.79. The van der Waals surface area contributed by atoms with Crippen LogP contribution in [0.15, 0.2) is 29.4 Å². The lowest BCUT2D eigenvalue weighted by Gasteiger charge is -2.20. The van der Waals surface area contributed by atoms with Gasteiger partial charge in [0.1, 0.15) is 0 Å². The highest BCUT2D eigenvalue weighted by atomic mass is 16.4. The first kappa shape index (κ1) is 10.6. The van der Waals surface area contributed by atoms with Crippen molar-refractivity contribution in [2.24, 2.45) is 10.6 Å². The molecule has 3 N–H and O–H groups in total. The van der Waals surface area contributed by atoms with Gasteiger partial charge in [0.15, 0.2) is 0 Å². The normalized spacial score (nSPS) is 12.9. The van der Waals surface area contributed by atoms with Gasteiger partial charge in [0.2, 0.25) is 0 Å². The maximum absolute atomic E-state index is 8.97. The Morgan fingerprint density at radius 3 is 2.29 bits per heavy atom. The second-order valence-electron chi connectivity index (χ2n) is 4.29. The van der Waals surface area contributed by atoms with Crippen molar-refractivity contribution in [1.29, 1.82) is 0 Å². The summed E-state index contributed by atoms with van der Waals surface area (Å²) in [5.74, 6) is 0. The van der Waals surface area contributed by atoms with Crippen LogP contribution < -0.4 is 5.73 Å². The third-order valence-corrected chi connectivity index (χ3v) is 2.03. The van der Waals surface area contributed by atoms with Gasteiger partial charge in [-0.25, -0.2) is 0 Å². The van der Waals surface area contributed by atoms with E-state index in [1.165, 1.54) is 0 Å². The van der Waals surface area contributed by atoms with Gasteiger partial charge in [-0.1, -0.05) is 44.1 Å². The molecule has 76 valence electrons. The van der Waals surface area contributed by atoms with Gasteiger partial charge in [0.25, 0.3) is 0 Å². The number of nitrogens with zero attached hydrogens (tertiary/aromatic N) is 1. The molecule has 0 atom stereocenters. The van der Waals surface area contributed by atoms with Crippen LogP contribution in [0.3, 0.4) is 0 Å². The maximum Gasteiger partial charge on any atom is 0.0941 e. The number of hydrogen-bond donors (Lipinski definition) is 2. The van der Waals surface area contributed by atoms with Crippen LogP contribution in [0.5, 0.6) is 0 Å². The molecule has 0 heterocycles. The van der Waals surface area contributed by atoms with Crippen molar-refractivity contribution >= 4 is 11.4 Å². The van der Waals surface area contributed by atoms with Crippen LogP contribution in [0.1, 0.15) is 26.3 Å². The Morgan fingerprint density at radius 1 is 1.29 bits per heavy atom. The third kappa shape index (κ3) is 2.05. The predicted octanol–water partition coefficient (Wildman–Crippen LogP) is 2.49. The molecule has 14 heavy (non-hydrogen) atoms. The first-order valence-corrected chi connectivity index (χ1v) is 4.54. The third-order valence-electron chi connectivity index (χ3n) is 2.03. The van der Waals surface area contributed by atoms with E-state index < -0.39 is 0 Å². The molecule has 1 aromatic rings. The molecule has 0 aromatic heterocycles. The molecule has 1 aromatic carbocycles. The Balaban J connectivity index is 3.23. The van der Waals surface area contributed by atoms with Gasteiger partial charge in [0.05, 0.1) is 5.71 Å². The maximum atomic E-state index is 8.97. The predicted molar refractivity (Wildman–Crippen MR) is 58.6 cm³/mol. The largest absolute Gasteiger partial charge is 0.411 e. The van der Waals surface area contributed by atoms with Crippen molar-refractivity contribution in [2.75, 3.05) is 5.73 Å². The fraction of sp³-hybridized carbons (Fsp3) is 0.364. The van der Waals surface area contributed by atoms with E-state index in [2.05, 4.69) is 5.16 Å². The summed E-state index contributed by atoms with van der Waals surface area (Å²) >= 11 is 0. The molecule has 0 saturated heterocycles. The molecule has 0 aliphatic carbocycles. The van der Waals surface area contributed by atoms with Crippen molar-refractivity contribution in [3.8, 4) is 0 Å². The van der Waals surface area contributed by atoms with E-state index in [1.54, 1.807) is 6.07 Å². The summed E-state index contributed by atoms with van der Waals surface area (Å²) in [5.41, 5.74) is 7.62. The topological polar surface area (TPSA) is 58.6 Å². The van der Waals surface area contributed by atoms with E-state index in [4.69, 9.17) is 10.9 Å². The summed E-state index contributed by atoms with van der Waals surface area (Å²) < 4.78 is 0. The zero-order valence-electron chi connectivity index (χ0n) is 8.78. The lowest BCUT2D eigenvalue weighted by atomic mass is 9.85. The van der Waals surface area contributed by atoms with Crippen LogP contribution >= 0.6 is 0 Å². The highest BCUT2D eigenvalue weighted by Gasteiger charge is 2.22. The molecule has 0 bridgehead atoms. The molecule has 0 aliphatic rings. The summed E-state index contributed by atoms with van der Waals surface area (Å²) in [5, 5.41) is 12.3. The summed E-state index contributed by atoms with van der Waals surface area (Å²) in [6.45, 7) is 5.94. The average Bonchev–Trinajstić information content (AvgIpc) is 2.07. The molecule has 0 saturated carbocycles. The Hall–Kier alpha value is -1.51. The molecule has 3 nitrogen and oxygen atoms in total. The molecule has 1 rings (SSSR count).